The predicted molar refractivity (Wildman–Crippen MR) is 83.7 cm³/mol. The number of carbonyl (C=O) groups excluding carboxylic acids is 1. The Morgan fingerprint density at radius 1 is 1.43 bits per heavy atom. The Bertz CT molecular complexity index is 669. The van der Waals surface area contributed by atoms with Crippen LogP contribution in [-0.4, -0.2) is 34.9 Å². The van der Waals surface area contributed by atoms with Gasteiger partial charge in [-0.1, -0.05) is 0 Å². The van der Waals surface area contributed by atoms with Crippen LogP contribution in [0.15, 0.2) is 36.7 Å². The quantitative estimate of drug-likeness (QED) is 0.899. The molecule has 2 heterocycles. The number of anilines is 1. The Morgan fingerprint density at radius 2 is 2.22 bits per heavy atom. The zero-order valence-electron chi connectivity index (χ0n) is 12.6. The average Bonchev–Trinajstić information content (AvgIpc) is 3.09. The topological polar surface area (TPSA) is 82.2 Å². The highest BCUT2D eigenvalue weighted by atomic mass is 19.1. The van der Waals surface area contributed by atoms with Crippen molar-refractivity contribution in [1.29, 1.82) is 0 Å². The molecule has 2 aromatic rings. The lowest BCUT2D eigenvalue weighted by Crippen LogP contribution is -2.44. The number of hydrogen-bond acceptors (Lipinski definition) is 4. The number of rotatable bonds is 4. The zero-order valence-corrected chi connectivity index (χ0v) is 12.6. The van der Waals surface area contributed by atoms with Crippen molar-refractivity contribution in [2.75, 3.05) is 18.5 Å². The SMILES string of the molecule is NC(C(=O)Nc1ccc(-n2cccn2)c(F)c1)C1CCOCC1. The second kappa shape index (κ2) is 6.89. The van der Waals surface area contributed by atoms with Gasteiger partial charge in [0.05, 0.1) is 6.04 Å². The molecule has 1 saturated heterocycles. The molecular formula is C16H19FN4O2. The number of aromatic nitrogens is 2. The first kappa shape index (κ1) is 15.6. The second-order valence-corrected chi connectivity index (χ2v) is 5.58. The first-order chi connectivity index (χ1) is 11.1. The molecule has 23 heavy (non-hydrogen) atoms. The number of nitrogens with zero attached hydrogens (tertiary/aromatic N) is 2. The molecule has 1 atom stereocenters. The minimum atomic E-state index is -0.618. The van der Waals surface area contributed by atoms with Crippen LogP contribution in [0.4, 0.5) is 10.1 Å². The summed E-state index contributed by atoms with van der Waals surface area (Å²) in [6, 6.07) is 5.56. The van der Waals surface area contributed by atoms with E-state index in [0.29, 0.717) is 24.6 Å². The number of nitrogens with two attached hydrogens (primary N) is 1. The van der Waals surface area contributed by atoms with Crippen LogP contribution in [0, 0.1) is 11.7 Å². The molecule has 1 aromatic heterocycles. The predicted octanol–water partition coefficient (Wildman–Crippen LogP) is 1.70. The van der Waals surface area contributed by atoms with Crippen LogP contribution < -0.4 is 11.1 Å². The third-order valence-corrected chi connectivity index (χ3v) is 4.04. The number of carbonyl (C=O) groups is 1. The molecule has 3 N–H and O–H groups in total. The molecule has 1 amide bonds. The van der Waals surface area contributed by atoms with Gasteiger partial charge in [0.15, 0.2) is 5.82 Å². The lowest BCUT2D eigenvalue weighted by molar-refractivity contribution is -0.119. The Balaban J connectivity index is 1.68. The van der Waals surface area contributed by atoms with Gasteiger partial charge in [-0.15, -0.1) is 0 Å². The normalized spacial score (nSPS) is 17.0. The first-order valence-corrected chi connectivity index (χ1v) is 7.59. The van der Waals surface area contributed by atoms with Crippen molar-refractivity contribution >= 4 is 11.6 Å². The molecule has 0 radical (unpaired) electrons. The monoisotopic (exact) mass is 318 g/mol. The van der Waals surface area contributed by atoms with Crippen LogP contribution in [0.5, 0.6) is 0 Å². The van der Waals surface area contributed by atoms with E-state index in [1.54, 1.807) is 30.6 Å². The van der Waals surface area contributed by atoms with Crippen molar-refractivity contribution in [1.82, 2.24) is 9.78 Å². The second-order valence-electron chi connectivity index (χ2n) is 5.58. The van der Waals surface area contributed by atoms with Crippen LogP contribution in [0.3, 0.4) is 0 Å². The molecule has 122 valence electrons. The highest BCUT2D eigenvalue weighted by Gasteiger charge is 2.26. The Labute approximate surface area is 133 Å². The number of ether oxygens (including phenoxy) is 1. The van der Waals surface area contributed by atoms with E-state index in [1.807, 2.05) is 0 Å². The standard InChI is InChI=1S/C16H19FN4O2/c17-13-10-12(2-3-14(13)21-7-1-6-19-21)20-16(22)15(18)11-4-8-23-9-5-11/h1-3,6-7,10-11,15H,4-5,8-9,18H2,(H,20,22). The summed E-state index contributed by atoms with van der Waals surface area (Å²) >= 11 is 0. The van der Waals surface area contributed by atoms with Gasteiger partial charge in [-0.3, -0.25) is 4.79 Å². The van der Waals surface area contributed by atoms with Gasteiger partial charge in [-0.2, -0.15) is 5.10 Å². The maximum absolute atomic E-state index is 14.2. The van der Waals surface area contributed by atoms with Gasteiger partial charge in [-0.25, -0.2) is 9.07 Å². The third kappa shape index (κ3) is 3.57. The lowest BCUT2D eigenvalue weighted by atomic mass is 9.92. The maximum Gasteiger partial charge on any atom is 0.241 e. The Morgan fingerprint density at radius 3 is 2.87 bits per heavy atom. The van der Waals surface area contributed by atoms with Gasteiger partial charge in [-0.05, 0) is 43.0 Å². The molecule has 3 rings (SSSR count). The summed E-state index contributed by atoms with van der Waals surface area (Å²) in [5.74, 6) is -0.675. The van der Waals surface area contributed by atoms with E-state index in [0.717, 1.165) is 12.8 Å². The highest BCUT2D eigenvalue weighted by Crippen LogP contribution is 2.21. The summed E-state index contributed by atoms with van der Waals surface area (Å²) in [6.45, 7) is 1.25. The lowest BCUT2D eigenvalue weighted by Gasteiger charge is -2.26. The summed E-state index contributed by atoms with van der Waals surface area (Å²) in [7, 11) is 0. The average molecular weight is 318 g/mol. The van der Waals surface area contributed by atoms with E-state index in [2.05, 4.69) is 10.4 Å². The van der Waals surface area contributed by atoms with Gasteiger partial charge < -0.3 is 15.8 Å². The van der Waals surface area contributed by atoms with E-state index in [-0.39, 0.29) is 11.8 Å². The van der Waals surface area contributed by atoms with Gasteiger partial charge in [0, 0.05) is 31.3 Å². The maximum atomic E-state index is 14.2. The fourth-order valence-corrected chi connectivity index (χ4v) is 2.70. The summed E-state index contributed by atoms with van der Waals surface area (Å²) in [6.07, 6.45) is 4.75. The molecule has 0 aliphatic carbocycles. The molecule has 0 bridgehead atoms. The van der Waals surface area contributed by atoms with Gasteiger partial charge in [0.25, 0.3) is 0 Å². The van der Waals surface area contributed by atoms with Crippen molar-refractivity contribution < 1.29 is 13.9 Å². The molecule has 1 unspecified atom stereocenters. The van der Waals surface area contributed by atoms with Crippen molar-refractivity contribution in [3.63, 3.8) is 0 Å². The molecule has 0 saturated carbocycles. The van der Waals surface area contributed by atoms with E-state index < -0.39 is 11.9 Å². The van der Waals surface area contributed by atoms with Crippen molar-refractivity contribution in [2.45, 2.75) is 18.9 Å². The Kier molecular flexibility index (Phi) is 4.68. The summed E-state index contributed by atoms with van der Waals surface area (Å²) < 4.78 is 20.9. The fourth-order valence-electron chi connectivity index (χ4n) is 2.70. The molecule has 1 aliphatic rings. The van der Waals surface area contributed by atoms with Gasteiger partial charge in [0.2, 0.25) is 5.91 Å². The van der Waals surface area contributed by atoms with Crippen molar-refractivity contribution in [3.8, 4) is 5.69 Å². The molecule has 7 heteroatoms. The van der Waals surface area contributed by atoms with E-state index >= 15 is 0 Å². The van der Waals surface area contributed by atoms with Gasteiger partial charge in [0.1, 0.15) is 5.69 Å². The molecular weight excluding hydrogens is 299 g/mol. The summed E-state index contributed by atoms with van der Waals surface area (Å²) in [5.41, 5.74) is 6.71. The van der Waals surface area contributed by atoms with Crippen LogP contribution in [0.1, 0.15) is 12.8 Å². The Hall–Kier alpha value is -2.25. The summed E-state index contributed by atoms with van der Waals surface area (Å²) in [5, 5.41) is 6.66. The number of amides is 1. The third-order valence-electron chi connectivity index (χ3n) is 4.04. The van der Waals surface area contributed by atoms with Crippen LogP contribution in [-0.2, 0) is 9.53 Å². The van der Waals surface area contributed by atoms with Crippen LogP contribution in [0.2, 0.25) is 0 Å². The van der Waals surface area contributed by atoms with E-state index in [4.69, 9.17) is 10.5 Å². The number of nitrogens with one attached hydrogen (secondary N) is 1. The molecule has 0 spiro atoms. The number of hydrogen-bond donors (Lipinski definition) is 2. The highest BCUT2D eigenvalue weighted by molar-refractivity contribution is 5.95. The number of benzene rings is 1. The fraction of sp³-hybridized carbons (Fsp3) is 0.375. The smallest absolute Gasteiger partial charge is 0.241 e. The molecule has 1 aromatic carbocycles. The minimum absolute atomic E-state index is 0.0944. The summed E-state index contributed by atoms with van der Waals surface area (Å²) in [4.78, 5) is 12.2. The first-order valence-electron chi connectivity index (χ1n) is 7.59. The van der Waals surface area contributed by atoms with Gasteiger partial charge >= 0.3 is 0 Å². The molecule has 1 aliphatic heterocycles. The molecule has 6 nitrogen and oxygen atoms in total. The van der Waals surface area contributed by atoms with Crippen molar-refractivity contribution in [3.05, 3.63) is 42.5 Å². The molecule has 1 fully saturated rings. The zero-order chi connectivity index (χ0) is 16.2. The van der Waals surface area contributed by atoms with Crippen LogP contribution in [0.25, 0.3) is 5.69 Å². The number of halogens is 1. The van der Waals surface area contributed by atoms with E-state index in [9.17, 15) is 9.18 Å². The largest absolute Gasteiger partial charge is 0.381 e. The van der Waals surface area contributed by atoms with Crippen molar-refractivity contribution in [2.24, 2.45) is 11.7 Å². The van der Waals surface area contributed by atoms with Crippen LogP contribution >= 0.6 is 0 Å². The minimum Gasteiger partial charge on any atom is -0.381 e. The van der Waals surface area contributed by atoms with E-state index in [1.165, 1.54) is 10.7 Å².